The zero-order valence-electron chi connectivity index (χ0n) is 16.8. The van der Waals surface area contributed by atoms with Crippen LogP contribution in [0.5, 0.6) is 0 Å². The maximum absolute atomic E-state index is 5.70. The summed E-state index contributed by atoms with van der Waals surface area (Å²) in [5, 5.41) is 0. The van der Waals surface area contributed by atoms with Crippen molar-refractivity contribution >= 4 is 6.08 Å². The molecular weight excluding hydrogens is 340 g/mol. The van der Waals surface area contributed by atoms with Crippen molar-refractivity contribution in [3.05, 3.63) is 102 Å². The predicted molar refractivity (Wildman–Crippen MR) is 121 cm³/mol. The molecule has 1 heteroatoms. The first-order valence-corrected chi connectivity index (χ1v) is 9.91. The average Bonchev–Trinajstić information content (AvgIpc) is 2.75. The Morgan fingerprint density at radius 3 is 1.64 bits per heavy atom. The first-order valence-electron chi connectivity index (χ1n) is 9.91. The monoisotopic (exact) mass is 368 g/mol. The summed E-state index contributed by atoms with van der Waals surface area (Å²) in [5.74, 6) is 0. The maximum atomic E-state index is 5.70. The summed E-state index contributed by atoms with van der Waals surface area (Å²) in [6, 6.07) is 26.1. The zero-order chi connectivity index (χ0) is 19.6. The number of allylic oxidation sites excluding steroid dienone is 2. The molecule has 0 unspecified atom stereocenters. The normalized spacial score (nSPS) is 11.5. The van der Waals surface area contributed by atoms with Gasteiger partial charge in [-0.1, -0.05) is 97.1 Å². The van der Waals surface area contributed by atoms with Gasteiger partial charge >= 0.3 is 0 Å². The van der Waals surface area contributed by atoms with Crippen molar-refractivity contribution in [3.63, 3.8) is 0 Å². The van der Waals surface area contributed by atoms with Crippen LogP contribution in [-0.2, 0) is 11.3 Å². The lowest BCUT2D eigenvalue weighted by atomic mass is 9.99. The molecule has 0 aliphatic rings. The van der Waals surface area contributed by atoms with Gasteiger partial charge in [0.05, 0.1) is 13.2 Å². The van der Waals surface area contributed by atoms with E-state index in [1.807, 2.05) is 13.8 Å². The second kappa shape index (κ2) is 10.4. The quantitative estimate of drug-likeness (QED) is 0.295. The van der Waals surface area contributed by atoms with E-state index in [0.29, 0.717) is 6.61 Å². The number of ether oxygens (including phenoxy) is 1. The topological polar surface area (TPSA) is 9.23 Å². The van der Waals surface area contributed by atoms with Crippen LogP contribution in [-0.4, -0.2) is 6.61 Å². The van der Waals surface area contributed by atoms with Gasteiger partial charge in [0.2, 0.25) is 0 Å². The largest absolute Gasteiger partial charge is 0.376 e. The lowest BCUT2D eigenvalue weighted by molar-refractivity contribution is 0.125. The van der Waals surface area contributed by atoms with Crippen molar-refractivity contribution in [1.82, 2.24) is 0 Å². The van der Waals surface area contributed by atoms with E-state index in [1.54, 1.807) is 0 Å². The van der Waals surface area contributed by atoms with Gasteiger partial charge in [-0.3, -0.25) is 0 Å². The summed E-state index contributed by atoms with van der Waals surface area (Å²) in [7, 11) is 0. The molecule has 0 aliphatic carbocycles. The predicted octanol–water partition coefficient (Wildman–Crippen LogP) is 7.54. The molecule has 0 N–H and O–H groups in total. The highest BCUT2D eigenvalue weighted by Crippen LogP contribution is 2.25. The number of rotatable bonds is 8. The fourth-order valence-electron chi connectivity index (χ4n) is 3.14. The summed E-state index contributed by atoms with van der Waals surface area (Å²) < 4.78 is 5.70. The first-order chi connectivity index (χ1) is 13.8. The standard InChI is InChI=1S/C27H28O/c1-3-5-6-20-28-21-23-10-14-25(15-11-23)27-18-16-26(17-19-27)24-12-8-22(7-4-2)9-13-24/h3-5,7-19H,6,20-21H2,1-2H3. The Labute approximate surface area is 169 Å². The van der Waals surface area contributed by atoms with Crippen LogP contribution < -0.4 is 0 Å². The molecule has 0 bridgehead atoms. The van der Waals surface area contributed by atoms with Gasteiger partial charge < -0.3 is 4.74 Å². The van der Waals surface area contributed by atoms with Crippen LogP contribution in [0.3, 0.4) is 0 Å². The van der Waals surface area contributed by atoms with E-state index in [4.69, 9.17) is 4.74 Å². The van der Waals surface area contributed by atoms with E-state index in [0.717, 1.165) is 13.0 Å². The molecule has 0 saturated carbocycles. The van der Waals surface area contributed by atoms with Crippen LogP contribution >= 0.6 is 0 Å². The van der Waals surface area contributed by atoms with Gasteiger partial charge in [-0.05, 0) is 53.6 Å². The van der Waals surface area contributed by atoms with E-state index in [1.165, 1.54) is 33.4 Å². The molecule has 28 heavy (non-hydrogen) atoms. The summed E-state index contributed by atoms with van der Waals surface area (Å²) in [6.45, 7) is 5.51. The van der Waals surface area contributed by atoms with Gasteiger partial charge in [-0.15, -0.1) is 0 Å². The molecule has 0 amide bonds. The van der Waals surface area contributed by atoms with E-state index in [2.05, 4.69) is 97.1 Å². The van der Waals surface area contributed by atoms with E-state index < -0.39 is 0 Å². The Morgan fingerprint density at radius 1 is 0.643 bits per heavy atom. The van der Waals surface area contributed by atoms with Crippen LogP contribution in [0.4, 0.5) is 0 Å². The third-order valence-electron chi connectivity index (χ3n) is 4.71. The Morgan fingerprint density at radius 2 is 1.14 bits per heavy atom. The smallest absolute Gasteiger partial charge is 0.0717 e. The minimum Gasteiger partial charge on any atom is -0.376 e. The van der Waals surface area contributed by atoms with E-state index >= 15 is 0 Å². The lowest BCUT2D eigenvalue weighted by Gasteiger charge is -2.07. The second-order valence-corrected chi connectivity index (χ2v) is 6.81. The molecule has 0 fully saturated rings. The Balaban J connectivity index is 1.62. The summed E-state index contributed by atoms with van der Waals surface area (Å²) >= 11 is 0. The minimum atomic E-state index is 0.667. The molecule has 1 nitrogen and oxygen atoms in total. The summed E-state index contributed by atoms with van der Waals surface area (Å²) in [4.78, 5) is 0. The third-order valence-corrected chi connectivity index (χ3v) is 4.71. The van der Waals surface area contributed by atoms with Crippen LogP contribution in [0.25, 0.3) is 28.3 Å². The lowest BCUT2D eigenvalue weighted by Crippen LogP contribution is -1.94. The second-order valence-electron chi connectivity index (χ2n) is 6.81. The molecule has 0 aliphatic heterocycles. The van der Waals surface area contributed by atoms with Gasteiger partial charge in [0, 0.05) is 0 Å². The molecule has 0 spiro atoms. The molecule has 0 saturated heterocycles. The highest BCUT2D eigenvalue weighted by molar-refractivity contribution is 5.71. The van der Waals surface area contributed by atoms with Crippen molar-refractivity contribution in [2.45, 2.75) is 26.9 Å². The minimum absolute atomic E-state index is 0.667. The molecule has 0 radical (unpaired) electrons. The van der Waals surface area contributed by atoms with Crippen LogP contribution in [0, 0.1) is 0 Å². The fourth-order valence-corrected chi connectivity index (χ4v) is 3.14. The third kappa shape index (κ3) is 5.55. The van der Waals surface area contributed by atoms with Crippen LogP contribution in [0.15, 0.2) is 91.0 Å². The fraction of sp³-hybridized carbons (Fsp3) is 0.185. The van der Waals surface area contributed by atoms with Gasteiger partial charge in [0.1, 0.15) is 0 Å². The Kier molecular flexibility index (Phi) is 7.40. The van der Waals surface area contributed by atoms with E-state index in [9.17, 15) is 0 Å². The molecule has 142 valence electrons. The molecule has 3 rings (SSSR count). The van der Waals surface area contributed by atoms with Crippen molar-refractivity contribution in [3.8, 4) is 22.3 Å². The first kappa shape index (κ1) is 19.9. The summed E-state index contributed by atoms with van der Waals surface area (Å²) in [5.41, 5.74) is 7.38. The van der Waals surface area contributed by atoms with Gasteiger partial charge in [-0.25, -0.2) is 0 Å². The Hall–Kier alpha value is -2.90. The van der Waals surface area contributed by atoms with Crippen LogP contribution in [0.1, 0.15) is 31.4 Å². The average molecular weight is 369 g/mol. The van der Waals surface area contributed by atoms with Crippen LogP contribution in [0.2, 0.25) is 0 Å². The van der Waals surface area contributed by atoms with Gasteiger partial charge in [0.15, 0.2) is 0 Å². The van der Waals surface area contributed by atoms with Gasteiger partial charge in [-0.2, -0.15) is 0 Å². The number of benzene rings is 3. The van der Waals surface area contributed by atoms with Crippen molar-refractivity contribution < 1.29 is 4.74 Å². The molecule has 3 aromatic rings. The maximum Gasteiger partial charge on any atom is 0.0717 e. The zero-order valence-corrected chi connectivity index (χ0v) is 16.8. The van der Waals surface area contributed by atoms with E-state index in [-0.39, 0.29) is 0 Å². The highest BCUT2D eigenvalue weighted by Gasteiger charge is 2.01. The SMILES string of the molecule is CC=CCCOCc1ccc(-c2ccc(-c3ccc(C=CC)cc3)cc2)cc1. The summed E-state index contributed by atoms with van der Waals surface area (Å²) in [6.07, 6.45) is 9.33. The highest BCUT2D eigenvalue weighted by atomic mass is 16.5. The molecule has 0 atom stereocenters. The van der Waals surface area contributed by atoms with Crippen molar-refractivity contribution in [2.24, 2.45) is 0 Å². The number of hydrogen-bond donors (Lipinski definition) is 0. The van der Waals surface area contributed by atoms with Crippen molar-refractivity contribution in [1.29, 1.82) is 0 Å². The van der Waals surface area contributed by atoms with Crippen molar-refractivity contribution in [2.75, 3.05) is 6.61 Å². The number of hydrogen-bond acceptors (Lipinski definition) is 1. The van der Waals surface area contributed by atoms with Gasteiger partial charge in [0.25, 0.3) is 0 Å². The Bertz CT molecular complexity index is 898. The molecular formula is C27H28O. The molecule has 0 heterocycles. The molecule has 3 aromatic carbocycles. The molecule has 0 aromatic heterocycles.